The van der Waals surface area contributed by atoms with Crippen LogP contribution in [0.2, 0.25) is 0 Å². The Bertz CT molecular complexity index is 1560. The van der Waals surface area contributed by atoms with Crippen LogP contribution >= 0.6 is 0 Å². The monoisotopic (exact) mass is 626 g/mol. The number of nitrogens with one attached hydrogen (secondary N) is 1. The van der Waals surface area contributed by atoms with Gasteiger partial charge < -0.3 is 24.6 Å². The SMILES string of the molecule is CCCCOC(=O)N(CCNCC[C@H](C(=O)O)c1cn(C)c2ccccc12)[C@@H](Cc1ccccc1)C(=O)N(C)Cc1ccccc1. The molecule has 0 bridgehead atoms. The van der Waals surface area contributed by atoms with Crippen molar-refractivity contribution in [2.75, 3.05) is 33.3 Å². The van der Waals surface area contributed by atoms with Crippen molar-refractivity contribution in [1.29, 1.82) is 0 Å². The van der Waals surface area contributed by atoms with Crippen LogP contribution in [0.3, 0.4) is 0 Å². The highest BCUT2D eigenvalue weighted by molar-refractivity contribution is 5.90. The number of benzene rings is 3. The van der Waals surface area contributed by atoms with E-state index in [0.29, 0.717) is 32.5 Å². The number of ether oxygens (including phenoxy) is 1. The summed E-state index contributed by atoms with van der Waals surface area (Å²) in [4.78, 5) is 43.1. The molecular formula is C37H46N4O5. The maximum Gasteiger partial charge on any atom is 0.410 e. The zero-order chi connectivity index (χ0) is 32.9. The minimum atomic E-state index is -0.880. The van der Waals surface area contributed by atoms with E-state index in [-0.39, 0.29) is 19.1 Å². The number of carbonyl (C=O) groups excluding carboxylic acids is 2. The second-order valence-corrected chi connectivity index (χ2v) is 11.7. The number of nitrogens with zero attached hydrogens (tertiary/aromatic N) is 3. The molecule has 0 radical (unpaired) electrons. The number of carboxylic acid groups (broad SMARTS) is 1. The van der Waals surface area contributed by atoms with E-state index in [1.807, 2.05) is 110 Å². The van der Waals surface area contributed by atoms with Gasteiger partial charge in [-0.1, -0.05) is 92.2 Å². The molecule has 0 unspecified atom stereocenters. The lowest BCUT2D eigenvalue weighted by molar-refractivity contribution is -0.139. The Kier molecular flexibility index (Phi) is 12.8. The molecule has 0 aliphatic heterocycles. The number of para-hydroxylation sites is 1. The van der Waals surface area contributed by atoms with E-state index in [1.165, 1.54) is 4.90 Å². The number of rotatable bonds is 17. The first kappa shape index (κ1) is 34.2. The van der Waals surface area contributed by atoms with Crippen LogP contribution in [0.15, 0.2) is 91.1 Å². The minimum Gasteiger partial charge on any atom is -0.481 e. The molecular weight excluding hydrogens is 580 g/mol. The fourth-order valence-electron chi connectivity index (χ4n) is 5.75. The predicted octanol–water partition coefficient (Wildman–Crippen LogP) is 5.83. The number of aromatic nitrogens is 1. The molecule has 46 heavy (non-hydrogen) atoms. The third kappa shape index (κ3) is 9.20. The smallest absolute Gasteiger partial charge is 0.410 e. The van der Waals surface area contributed by atoms with Crippen molar-refractivity contribution in [1.82, 2.24) is 19.7 Å². The van der Waals surface area contributed by atoms with Crippen LogP contribution in [0, 0.1) is 0 Å². The molecule has 1 heterocycles. The molecule has 0 fully saturated rings. The zero-order valence-electron chi connectivity index (χ0n) is 27.1. The van der Waals surface area contributed by atoms with Gasteiger partial charge in [-0.25, -0.2) is 4.79 Å². The van der Waals surface area contributed by atoms with E-state index >= 15 is 0 Å². The summed E-state index contributed by atoms with van der Waals surface area (Å²) in [5.41, 5.74) is 3.70. The highest BCUT2D eigenvalue weighted by Gasteiger charge is 2.33. The first-order valence-corrected chi connectivity index (χ1v) is 16.0. The van der Waals surface area contributed by atoms with Crippen molar-refractivity contribution < 1.29 is 24.2 Å². The number of carboxylic acids is 1. The molecule has 2 amide bonds. The summed E-state index contributed by atoms with van der Waals surface area (Å²) in [5.74, 6) is -1.75. The fourth-order valence-corrected chi connectivity index (χ4v) is 5.75. The average Bonchev–Trinajstić information content (AvgIpc) is 3.39. The van der Waals surface area contributed by atoms with Crippen LogP contribution in [0.4, 0.5) is 4.79 Å². The van der Waals surface area contributed by atoms with Crippen LogP contribution in [0.25, 0.3) is 10.9 Å². The average molecular weight is 627 g/mol. The van der Waals surface area contributed by atoms with Gasteiger partial charge in [0.1, 0.15) is 6.04 Å². The number of aliphatic carboxylic acids is 1. The van der Waals surface area contributed by atoms with Gasteiger partial charge in [0, 0.05) is 57.3 Å². The third-order valence-electron chi connectivity index (χ3n) is 8.27. The van der Waals surface area contributed by atoms with E-state index in [1.54, 1.807) is 11.9 Å². The Hall–Kier alpha value is -4.63. The number of aryl methyl sites for hydroxylation is 1. The second kappa shape index (κ2) is 17.2. The molecule has 1 aromatic heterocycles. The molecule has 244 valence electrons. The molecule has 2 N–H and O–H groups in total. The fraction of sp³-hybridized carbons (Fsp3) is 0.378. The Morgan fingerprint density at radius 2 is 1.57 bits per heavy atom. The maximum absolute atomic E-state index is 14.0. The zero-order valence-corrected chi connectivity index (χ0v) is 27.1. The van der Waals surface area contributed by atoms with Gasteiger partial charge in [0.05, 0.1) is 12.5 Å². The largest absolute Gasteiger partial charge is 0.481 e. The molecule has 9 nitrogen and oxygen atoms in total. The third-order valence-corrected chi connectivity index (χ3v) is 8.27. The lowest BCUT2D eigenvalue weighted by atomic mass is 9.95. The van der Waals surface area contributed by atoms with Gasteiger partial charge in [0.2, 0.25) is 5.91 Å². The quantitative estimate of drug-likeness (QED) is 0.143. The van der Waals surface area contributed by atoms with Gasteiger partial charge in [-0.2, -0.15) is 0 Å². The number of fused-ring (bicyclic) bond motifs is 1. The number of hydrogen-bond donors (Lipinski definition) is 2. The normalized spacial score (nSPS) is 12.4. The van der Waals surface area contributed by atoms with Gasteiger partial charge in [-0.05, 0) is 42.1 Å². The van der Waals surface area contributed by atoms with E-state index in [0.717, 1.165) is 40.4 Å². The molecule has 4 aromatic rings. The van der Waals surface area contributed by atoms with E-state index in [9.17, 15) is 19.5 Å². The van der Waals surface area contributed by atoms with Gasteiger partial charge in [0.15, 0.2) is 0 Å². The molecule has 0 aliphatic rings. The van der Waals surface area contributed by atoms with Crippen molar-refractivity contribution in [3.8, 4) is 0 Å². The Morgan fingerprint density at radius 1 is 0.913 bits per heavy atom. The van der Waals surface area contributed by atoms with Crippen molar-refractivity contribution in [3.05, 3.63) is 108 Å². The Labute approximate surface area is 271 Å². The van der Waals surface area contributed by atoms with E-state index in [2.05, 4.69) is 5.32 Å². The number of carbonyl (C=O) groups is 3. The number of unbranched alkanes of at least 4 members (excludes halogenated alkanes) is 1. The summed E-state index contributed by atoms with van der Waals surface area (Å²) in [6, 6.07) is 26.4. The van der Waals surface area contributed by atoms with Gasteiger partial charge in [-0.15, -0.1) is 0 Å². The van der Waals surface area contributed by atoms with Crippen molar-refractivity contribution in [2.45, 2.75) is 51.1 Å². The molecule has 0 aliphatic carbocycles. The maximum atomic E-state index is 14.0. The molecule has 2 atom stereocenters. The van der Waals surface area contributed by atoms with Crippen LogP contribution in [-0.2, 0) is 34.3 Å². The summed E-state index contributed by atoms with van der Waals surface area (Å²) in [7, 11) is 3.67. The van der Waals surface area contributed by atoms with Crippen LogP contribution < -0.4 is 5.32 Å². The van der Waals surface area contributed by atoms with E-state index < -0.39 is 24.0 Å². The van der Waals surface area contributed by atoms with Gasteiger partial charge >= 0.3 is 12.1 Å². The summed E-state index contributed by atoms with van der Waals surface area (Å²) < 4.78 is 7.60. The van der Waals surface area contributed by atoms with Gasteiger partial charge in [-0.3, -0.25) is 14.5 Å². The molecule has 4 rings (SSSR count). The van der Waals surface area contributed by atoms with Crippen LogP contribution in [0.1, 0.15) is 48.8 Å². The summed E-state index contributed by atoms with van der Waals surface area (Å²) >= 11 is 0. The van der Waals surface area contributed by atoms with E-state index in [4.69, 9.17) is 4.74 Å². The number of hydrogen-bond acceptors (Lipinski definition) is 5. The Morgan fingerprint density at radius 3 is 2.24 bits per heavy atom. The highest BCUT2D eigenvalue weighted by atomic mass is 16.6. The van der Waals surface area contributed by atoms with Crippen molar-refractivity contribution in [3.63, 3.8) is 0 Å². The predicted molar refractivity (Wildman–Crippen MR) is 181 cm³/mol. The van der Waals surface area contributed by atoms with Crippen molar-refractivity contribution >= 4 is 28.9 Å². The molecule has 0 saturated heterocycles. The lowest BCUT2D eigenvalue weighted by Crippen LogP contribution is -2.53. The highest BCUT2D eigenvalue weighted by Crippen LogP contribution is 2.29. The molecule has 0 spiro atoms. The minimum absolute atomic E-state index is 0.179. The van der Waals surface area contributed by atoms with Crippen molar-refractivity contribution in [2.24, 2.45) is 7.05 Å². The molecule has 3 aromatic carbocycles. The lowest BCUT2D eigenvalue weighted by Gasteiger charge is -2.33. The summed E-state index contributed by atoms with van der Waals surface area (Å²) in [5, 5.41) is 14.4. The molecule has 0 saturated carbocycles. The standard InChI is InChI=1S/C37H46N4O5/c1-4-5-24-46-37(45)41(23-22-38-21-20-31(36(43)44)32-27-39(2)33-19-13-12-18-30(32)33)34(25-28-14-8-6-9-15-28)35(42)40(3)26-29-16-10-7-11-17-29/h6-19,27,31,34,38H,4-5,20-26H2,1-3H3,(H,43,44)/t31-,34-/m0/s1. The first-order chi connectivity index (χ1) is 22.3. The molecule has 9 heteroatoms. The Balaban J connectivity index is 1.48. The first-order valence-electron chi connectivity index (χ1n) is 16.0. The van der Waals surface area contributed by atoms with Crippen LogP contribution in [-0.4, -0.2) is 76.8 Å². The number of amides is 2. The topological polar surface area (TPSA) is 104 Å². The van der Waals surface area contributed by atoms with Crippen LogP contribution in [0.5, 0.6) is 0 Å². The second-order valence-electron chi connectivity index (χ2n) is 11.7. The summed E-state index contributed by atoms with van der Waals surface area (Å²) in [6.45, 7) is 3.72. The summed E-state index contributed by atoms with van der Waals surface area (Å²) in [6.07, 6.45) is 3.68. The number of likely N-dealkylation sites (N-methyl/N-ethyl adjacent to an activating group) is 1. The van der Waals surface area contributed by atoms with Gasteiger partial charge in [0.25, 0.3) is 0 Å².